The monoisotopic (exact) mass is 528 g/mol. The van der Waals surface area contributed by atoms with E-state index in [0.29, 0.717) is 28.2 Å². The lowest BCUT2D eigenvalue weighted by Gasteiger charge is -2.19. The van der Waals surface area contributed by atoms with Gasteiger partial charge in [0.25, 0.3) is 5.91 Å². The van der Waals surface area contributed by atoms with Crippen LogP contribution in [0.4, 0.5) is 5.13 Å². The predicted molar refractivity (Wildman–Crippen MR) is 141 cm³/mol. The summed E-state index contributed by atoms with van der Waals surface area (Å²) in [5, 5.41) is 13.2. The number of benzene rings is 2. The number of hydrogen-bond acceptors (Lipinski definition) is 8. The zero-order valence-electron chi connectivity index (χ0n) is 20.5. The van der Waals surface area contributed by atoms with E-state index in [1.807, 2.05) is 38.1 Å². The molecule has 0 unspecified atom stereocenters. The summed E-state index contributed by atoms with van der Waals surface area (Å²) in [6, 6.07) is 11.0. The van der Waals surface area contributed by atoms with Gasteiger partial charge in [-0.25, -0.2) is 0 Å². The van der Waals surface area contributed by atoms with Gasteiger partial charge in [-0.05, 0) is 75.0 Å². The van der Waals surface area contributed by atoms with Crippen LogP contribution in [0.2, 0.25) is 5.02 Å². The van der Waals surface area contributed by atoms with E-state index in [-0.39, 0.29) is 31.6 Å². The summed E-state index contributed by atoms with van der Waals surface area (Å²) in [4.78, 5) is 26.5. The maximum Gasteiger partial charge on any atom is 0.320 e. The van der Waals surface area contributed by atoms with Crippen LogP contribution in [0.25, 0.3) is 10.6 Å². The smallest absolute Gasteiger partial charge is 0.320 e. The van der Waals surface area contributed by atoms with Gasteiger partial charge in [0.15, 0.2) is 0 Å². The standard InChI is InChI=1S/C26H29ClN4O4S/c1-16-12-19(13-17(2)23(16)35-11-10-34-22(32)14-28-3)24-29-30-26(36-24)31(15-18-8-9-18)25(33)20-6-4-5-7-21(20)27/h4-7,12-13,18,28H,8-11,14-15H2,1-3H3. The van der Waals surface area contributed by atoms with Crippen molar-refractivity contribution in [3.63, 3.8) is 0 Å². The number of esters is 1. The van der Waals surface area contributed by atoms with Crippen LogP contribution < -0.4 is 15.0 Å². The van der Waals surface area contributed by atoms with Crippen LogP contribution in [0.1, 0.15) is 34.3 Å². The highest BCUT2D eigenvalue weighted by molar-refractivity contribution is 7.18. The molecule has 8 nitrogen and oxygen atoms in total. The van der Waals surface area contributed by atoms with Crippen molar-refractivity contribution in [1.29, 1.82) is 0 Å². The molecule has 0 saturated heterocycles. The lowest BCUT2D eigenvalue weighted by Crippen LogP contribution is -2.33. The minimum atomic E-state index is -0.319. The van der Waals surface area contributed by atoms with Gasteiger partial charge in [-0.1, -0.05) is 35.1 Å². The molecule has 1 fully saturated rings. The molecule has 10 heteroatoms. The van der Waals surface area contributed by atoms with Crippen molar-refractivity contribution in [2.24, 2.45) is 5.92 Å². The van der Waals surface area contributed by atoms with Gasteiger partial charge in [0.1, 0.15) is 24.0 Å². The first-order valence-electron chi connectivity index (χ1n) is 11.8. The number of carbonyl (C=O) groups is 2. The van der Waals surface area contributed by atoms with Gasteiger partial charge >= 0.3 is 5.97 Å². The molecule has 1 aliphatic rings. The zero-order valence-corrected chi connectivity index (χ0v) is 22.1. The van der Waals surface area contributed by atoms with E-state index >= 15 is 0 Å². The lowest BCUT2D eigenvalue weighted by molar-refractivity contribution is -0.143. The third-order valence-corrected chi connectivity index (χ3v) is 7.08. The van der Waals surface area contributed by atoms with Crippen LogP contribution in [0.15, 0.2) is 36.4 Å². The van der Waals surface area contributed by atoms with Crippen molar-refractivity contribution in [3.8, 4) is 16.3 Å². The Balaban J connectivity index is 1.49. The summed E-state index contributed by atoms with van der Waals surface area (Å²) >= 11 is 7.69. The molecule has 2 aromatic carbocycles. The average molecular weight is 529 g/mol. The summed E-state index contributed by atoms with van der Waals surface area (Å²) in [7, 11) is 1.69. The molecule has 1 N–H and O–H groups in total. The first-order chi connectivity index (χ1) is 17.4. The average Bonchev–Trinajstić information content (AvgIpc) is 3.54. The molecular formula is C26H29ClN4O4S. The molecule has 0 aliphatic heterocycles. The van der Waals surface area contributed by atoms with Crippen molar-refractivity contribution in [2.75, 3.05) is 38.3 Å². The van der Waals surface area contributed by atoms with E-state index in [2.05, 4.69) is 15.5 Å². The first kappa shape index (κ1) is 26.1. The van der Waals surface area contributed by atoms with Gasteiger partial charge in [-0.3, -0.25) is 14.5 Å². The van der Waals surface area contributed by atoms with Gasteiger partial charge in [-0.15, -0.1) is 10.2 Å². The van der Waals surface area contributed by atoms with Gasteiger partial charge in [-0.2, -0.15) is 0 Å². The van der Waals surface area contributed by atoms with Gasteiger partial charge < -0.3 is 14.8 Å². The van der Waals surface area contributed by atoms with Gasteiger partial charge in [0.2, 0.25) is 5.13 Å². The fourth-order valence-electron chi connectivity index (χ4n) is 3.82. The van der Waals surface area contributed by atoms with Crippen molar-refractivity contribution in [1.82, 2.24) is 15.5 Å². The van der Waals surface area contributed by atoms with E-state index in [0.717, 1.165) is 40.3 Å². The number of halogens is 1. The van der Waals surface area contributed by atoms with E-state index in [4.69, 9.17) is 21.1 Å². The number of rotatable bonds is 11. The topological polar surface area (TPSA) is 93.7 Å². The third kappa shape index (κ3) is 6.40. The number of ether oxygens (including phenoxy) is 2. The molecule has 1 heterocycles. The number of nitrogens with one attached hydrogen (secondary N) is 1. The number of aromatic nitrogens is 2. The maximum atomic E-state index is 13.4. The summed E-state index contributed by atoms with van der Waals surface area (Å²) in [6.45, 7) is 5.13. The number of nitrogens with zero attached hydrogens (tertiary/aromatic N) is 3. The van der Waals surface area contributed by atoms with Crippen LogP contribution >= 0.6 is 22.9 Å². The third-order valence-electron chi connectivity index (χ3n) is 5.75. The molecule has 1 aliphatic carbocycles. The maximum absolute atomic E-state index is 13.4. The zero-order chi connectivity index (χ0) is 25.7. The Kier molecular flexibility index (Phi) is 8.56. The Morgan fingerprint density at radius 3 is 2.53 bits per heavy atom. The summed E-state index contributed by atoms with van der Waals surface area (Å²) in [5.41, 5.74) is 3.23. The van der Waals surface area contributed by atoms with Crippen molar-refractivity contribution in [3.05, 3.63) is 58.1 Å². The van der Waals surface area contributed by atoms with Crippen LogP contribution in [0.3, 0.4) is 0 Å². The quantitative estimate of drug-likeness (QED) is 0.285. The van der Waals surface area contributed by atoms with Crippen molar-refractivity contribution < 1.29 is 19.1 Å². The second-order valence-corrected chi connectivity index (χ2v) is 10.1. The fourth-order valence-corrected chi connectivity index (χ4v) is 4.88. The second kappa shape index (κ2) is 11.8. The molecule has 0 spiro atoms. The Morgan fingerprint density at radius 2 is 1.86 bits per heavy atom. The van der Waals surface area contributed by atoms with Crippen molar-refractivity contribution >= 4 is 39.9 Å². The van der Waals surface area contributed by atoms with Crippen LogP contribution in [0.5, 0.6) is 5.75 Å². The molecule has 0 atom stereocenters. The van der Waals surface area contributed by atoms with Gasteiger partial charge in [0, 0.05) is 12.1 Å². The molecule has 1 aromatic heterocycles. The number of carbonyl (C=O) groups excluding carboxylic acids is 2. The summed E-state index contributed by atoms with van der Waals surface area (Å²) < 4.78 is 11.0. The molecule has 3 aromatic rings. The Labute approximate surface area is 219 Å². The van der Waals surface area contributed by atoms with Crippen LogP contribution in [-0.2, 0) is 9.53 Å². The molecule has 0 radical (unpaired) electrons. The first-order valence-corrected chi connectivity index (χ1v) is 13.0. The normalized spacial score (nSPS) is 12.9. The number of amides is 1. The minimum Gasteiger partial charge on any atom is -0.489 e. The number of anilines is 1. The highest BCUT2D eigenvalue weighted by Gasteiger charge is 2.31. The molecule has 1 amide bonds. The predicted octanol–water partition coefficient (Wildman–Crippen LogP) is 4.67. The van der Waals surface area contributed by atoms with E-state index in [9.17, 15) is 9.59 Å². The Hall–Kier alpha value is -3.01. The summed E-state index contributed by atoms with van der Waals surface area (Å²) in [5.74, 6) is 0.738. The molecule has 0 bridgehead atoms. The highest BCUT2D eigenvalue weighted by Crippen LogP contribution is 2.37. The Morgan fingerprint density at radius 1 is 1.14 bits per heavy atom. The number of likely N-dealkylation sites (N-methyl/N-ethyl adjacent to an activating group) is 1. The number of hydrogen-bond donors (Lipinski definition) is 1. The molecule has 190 valence electrons. The number of aryl methyl sites for hydroxylation is 2. The van der Waals surface area contributed by atoms with E-state index < -0.39 is 0 Å². The summed E-state index contributed by atoms with van der Waals surface area (Å²) in [6.07, 6.45) is 2.21. The van der Waals surface area contributed by atoms with Gasteiger partial charge in [0.05, 0.1) is 17.1 Å². The highest BCUT2D eigenvalue weighted by atomic mass is 35.5. The van der Waals surface area contributed by atoms with Crippen molar-refractivity contribution in [2.45, 2.75) is 26.7 Å². The van der Waals surface area contributed by atoms with E-state index in [1.54, 1.807) is 24.1 Å². The molecule has 4 rings (SSSR count). The van der Waals surface area contributed by atoms with Crippen LogP contribution in [0, 0.1) is 19.8 Å². The largest absolute Gasteiger partial charge is 0.489 e. The SMILES string of the molecule is CNCC(=O)OCCOc1c(C)cc(-c2nnc(N(CC3CC3)C(=O)c3ccccc3Cl)s2)cc1C. The Bertz CT molecular complexity index is 1220. The molecule has 1 saturated carbocycles. The second-order valence-electron chi connectivity index (χ2n) is 8.77. The minimum absolute atomic E-state index is 0.165. The lowest BCUT2D eigenvalue weighted by atomic mass is 10.1. The van der Waals surface area contributed by atoms with Crippen LogP contribution in [-0.4, -0.2) is 55.4 Å². The fraction of sp³-hybridized carbons (Fsp3) is 0.385. The van der Waals surface area contributed by atoms with E-state index in [1.165, 1.54) is 11.3 Å². The molecule has 36 heavy (non-hydrogen) atoms. The molecular weight excluding hydrogens is 500 g/mol.